The molecule has 0 spiro atoms. The van der Waals surface area contributed by atoms with Crippen LogP contribution in [0.15, 0.2) is 63.8 Å². The number of ether oxygens (including phenoxy) is 4. The Hall–Kier alpha value is -4.04. The van der Waals surface area contributed by atoms with Crippen LogP contribution in [0.5, 0.6) is 17.2 Å². The van der Waals surface area contributed by atoms with Crippen LogP contribution < -0.4 is 19.6 Å². The van der Waals surface area contributed by atoms with Crippen molar-refractivity contribution in [1.82, 2.24) is 0 Å². The van der Waals surface area contributed by atoms with Crippen molar-refractivity contribution in [3.8, 4) is 28.4 Å². The molecule has 186 valence electrons. The van der Waals surface area contributed by atoms with Gasteiger partial charge in [-0.3, -0.25) is 4.79 Å². The number of halogens is 2. The van der Waals surface area contributed by atoms with E-state index in [4.69, 9.17) is 35.0 Å². The summed E-state index contributed by atoms with van der Waals surface area (Å²) in [6.07, 6.45) is 0. The summed E-state index contributed by atoms with van der Waals surface area (Å²) in [5.74, 6) is -0.444. The minimum atomic E-state index is -0.800. The summed E-state index contributed by atoms with van der Waals surface area (Å²) in [7, 11) is 2.96. The Morgan fingerprint density at radius 2 is 1.81 bits per heavy atom. The molecule has 0 N–H and O–H groups in total. The number of benzene rings is 3. The average molecular weight is 513 g/mol. The third-order valence-electron chi connectivity index (χ3n) is 5.44. The van der Waals surface area contributed by atoms with Crippen molar-refractivity contribution in [2.75, 3.05) is 20.8 Å². The van der Waals surface area contributed by atoms with Crippen molar-refractivity contribution in [1.29, 1.82) is 0 Å². The molecule has 36 heavy (non-hydrogen) atoms. The number of hydrogen-bond acceptors (Lipinski definition) is 7. The third kappa shape index (κ3) is 4.85. The quantitative estimate of drug-likeness (QED) is 0.267. The molecule has 0 fully saturated rings. The highest BCUT2D eigenvalue weighted by Crippen LogP contribution is 2.34. The van der Waals surface area contributed by atoms with Crippen LogP contribution in [-0.2, 0) is 11.3 Å². The van der Waals surface area contributed by atoms with E-state index >= 15 is 0 Å². The van der Waals surface area contributed by atoms with Crippen molar-refractivity contribution in [3.05, 3.63) is 87.0 Å². The Balaban J connectivity index is 1.81. The fourth-order valence-electron chi connectivity index (χ4n) is 3.68. The van der Waals surface area contributed by atoms with Gasteiger partial charge in [0.1, 0.15) is 23.8 Å². The maximum Gasteiger partial charge on any atom is 0.375 e. The molecule has 0 bridgehead atoms. The van der Waals surface area contributed by atoms with Gasteiger partial charge in [-0.15, -0.1) is 0 Å². The van der Waals surface area contributed by atoms with Gasteiger partial charge in [0.2, 0.25) is 11.2 Å². The second-order valence-corrected chi connectivity index (χ2v) is 7.98. The lowest BCUT2D eigenvalue weighted by Crippen LogP contribution is -2.15. The number of carbonyl (C=O) groups is 1. The van der Waals surface area contributed by atoms with Gasteiger partial charge in [0.15, 0.2) is 11.5 Å². The van der Waals surface area contributed by atoms with Gasteiger partial charge in [-0.1, -0.05) is 23.7 Å². The molecular formula is C27H22ClFO7. The molecule has 0 radical (unpaired) electrons. The minimum Gasteiger partial charge on any atom is -0.493 e. The van der Waals surface area contributed by atoms with Gasteiger partial charge in [-0.25, -0.2) is 9.18 Å². The van der Waals surface area contributed by atoms with E-state index in [-0.39, 0.29) is 46.1 Å². The molecule has 3 aromatic carbocycles. The van der Waals surface area contributed by atoms with E-state index in [1.807, 2.05) is 0 Å². The van der Waals surface area contributed by atoms with Crippen molar-refractivity contribution in [2.24, 2.45) is 0 Å². The van der Waals surface area contributed by atoms with Crippen molar-refractivity contribution >= 4 is 28.5 Å². The fourth-order valence-corrected chi connectivity index (χ4v) is 3.90. The molecule has 0 saturated carbocycles. The molecular weight excluding hydrogens is 491 g/mol. The topological polar surface area (TPSA) is 84.2 Å². The lowest BCUT2D eigenvalue weighted by Gasteiger charge is -2.13. The Morgan fingerprint density at radius 1 is 1.03 bits per heavy atom. The van der Waals surface area contributed by atoms with Crippen LogP contribution in [0.2, 0.25) is 5.02 Å². The molecule has 0 aliphatic heterocycles. The Labute approximate surface area is 210 Å². The standard InChI is InChI=1S/C27H22ClFO7/c1-4-34-27(31)26-24(15-8-11-21(32-2)23(12-15)33-3)25(30)17-10-9-16(13-22(17)36-26)35-14-18-19(28)6-5-7-20(18)29/h5-13H,4,14H2,1-3H3. The zero-order valence-electron chi connectivity index (χ0n) is 19.7. The van der Waals surface area contributed by atoms with Gasteiger partial charge in [-0.2, -0.15) is 0 Å². The molecule has 0 atom stereocenters. The highest BCUT2D eigenvalue weighted by atomic mass is 35.5. The molecule has 9 heteroatoms. The Morgan fingerprint density at radius 3 is 2.50 bits per heavy atom. The van der Waals surface area contributed by atoms with Crippen LogP contribution in [0.1, 0.15) is 23.0 Å². The molecule has 0 aliphatic rings. The lowest BCUT2D eigenvalue weighted by molar-refractivity contribution is 0.0492. The predicted molar refractivity (Wildman–Crippen MR) is 133 cm³/mol. The normalized spacial score (nSPS) is 10.8. The summed E-state index contributed by atoms with van der Waals surface area (Å²) in [6, 6.07) is 13.7. The van der Waals surface area contributed by atoms with Crippen molar-refractivity contribution in [2.45, 2.75) is 13.5 Å². The van der Waals surface area contributed by atoms with Crippen LogP contribution in [0.25, 0.3) is 22.1 Å². The van der Waals surface area contributed by atoms with Crippen LogP contribution in [0.4, 0.5) is 4.39 Å². The lowest BCUT2D eigenvalue weighted by atomic mass is 10.0. The SMILES string of the molecule is CCOC(=O)c1oc2cc(OCc3c(F)cccc3Cl)ccc2c(=O)c1-c1ccc(OC)c(OC)c1. The van der Waals surface area contributed by atoms with Crippen LogP contribution in [-0.4, -0.2) is 26.8 Å². The van der Waals surface area contributed by atoms with Crippen molar-refractivity contribution < 1.29 is 32.5 Å². The van der Waals surface area contributed by atoms with Crippen LogP contribution in [0.3, 0.4) is 0 Å². The van der Waals surface area contributed by atoms with Crippen LogP contribution >= 0.6 is 11.6 Å². The van der Waals surface area contributed by atoms with Crippen LogP contribution in [0, 0.1) is 5.82 Å². The molecule has 0 aliphatic carbocycles. The third-order valence-corrected chi connectivity index (χ3v) is 5.80. The molecule has 0 unspecified atom stereocenters. The molecule has 1 heterocycles. The van der Waals surface area contributed by atoms with E-state index in [0.29, 0.717) is 22.8 Å². The number of methoxy groups -OCH3 is 2. The van der Waals surface area contributed by atoms with E-state index in [9.17, 15) is 14.0 Å². The number of fused-ring (bicyclic) bond motifs is 1. The average Bonchev–Trinajstić information content (AvgIpc) is 2.88. The van der Waals surface area contributed by atoms with E-state index in [0.717, 1.165) is 0 Å². The summed E-state index contributed by atoms with van der Waals surface area (Å²) in [4.78, 5) is 26.3. The number of rotatable bonds is 8. The first-order chi connectivity index (χ1) is 17.4. The highest BCUT2D eigenvalue weighted by molar-refractivity contribution is 6.31. The summed E-state index contributed by atoms with van der Waals surface area (Å²) in [6.45, 7) is 1.58. The largest absolute Gasteiger partial charge is 0.493 e. The van der Waals surface area contributed by atoms with Gasteiger partial charge < -0.3 is 23.4 Å². The van der Waals surface area contributed by atoms with Gasteiger partial charge in [0.25, 0.3) is 0 Å². The second kappa shape index (κ2) is 10.7. The molecule has 7 nitrogen and oxygen atoms in total. The van der Waals surface area contributed by atoms with E-state index in [1.165, 1.54) is 38.5 Å². The fraction of sp³-hybridized carbons (Fsp3) is 0.185. The van der Waals surface area contributed by atoms with E-state index in [1.54, 1.807) is 37.3 Å². The molecule has 0 saturated heterocycles. The van der Waals surface area contributed by atoms with E-state index in [2.05, 4.69) is 0 Å². The first-order valence-electron chi connectivity index (χ1n) is 10.9. The van der Waals surface area contributed by atoms with Gasteiger partial charge in [0, 0.05) is 11.6 Å². The number of esters is 1. The molecule has 4 aromatic rings. The summed E-state index contributed by atoms with van der Waals surface area (Å²) in [5, 5.41) is 0.440. The van der Waals surface area contributed by atoms with Gasteiger partial charge in [0.05, 0.1) is 36.8 Å². The Kier molecular flexibility index (Phi) is 7.45. The van der Waals surface area contributed by atoms with Crippen molar-refractivity contribution in [3.63, 3.8) is 0 Å². The predicted octanol–water partition coefficient (Wildman–Crippen LogP) is 6.03. The molecule has 4 rings (SSSR count). The second-order valence-electron chi connectivity index (χ2n) is 7.57. The first kappa shape index (κ1) is 25.1. The Bertz CT molecular complexity index is 1480. The summed E-state index contributed by atoms with van der Waals surface area (Å²) < 4.78 is 41.4. The number of hydrogen-bond donors (Lipinski definition) is 0. The summed E-state index contributed by atoms with van der Waals surface area (Å²) >= 11 is 6.07. The highest BCUT2D eigenvalue weighted by Gasteiger charge is 2.24. The van der Waals surface area contributed by atoms with Gasteiger partial charge >= 0.3 is 5.97 Å². The van der Waals surface area contributed by atoms with E-state index < -0.39 is 17.2 Å². The molecule has 0 amide bonds. The monoisotopic (exact) mass is 512 g/mol. The zero-order valence-corrected chi connectivity index (χ0v) is 20.5. The summed E-state index contributed by atoms with van der Waals surface area (Å²) in [5.41, 5.74) is 0.256. The maximum atomic E-state index is 14.1. The smallest absolute Gasteiger partial charge is 0.375 e. The van der Waals surface area contributed by atoms with Gasteiger partial charge in [-0.05, 0) is 48.9 Å². The molecule has 1 aromatic heterocycles. The first-order valence-corrected chi connectivity index (χ1v) is 11.3. The maximum absolute atomic E-state index is 14.1. The number of carbonyl (C=O) groups excluding carboxylic acids is 1. The zero-order chi connectivity index (χ0) is 25.8. The minimum absolute atomic E-state index is 0.0220.